The summed E-state index contributed by atoms with van der Waals surface area (Å²) < 4.78 is 9.50. The molecule has 0 aliphatic heterocycles. The maximum Gasteiger partial charge on any atom is 0.143 e. The lowest BCUT2D eigenvalue weighted by molar-refractivity contribution is 0.670. The Morgan fingerprint density at radius 3 is 2.21 bits per heavy atom. The van der Waals surface area contributed by atoms with Crippen molar-refractivity contribution in [2.24, 2.45) is 0 Å². The van der Waals surface area contributed by atoms with Crippen LogP contribution in [0, 0.1) is 0 Å². The normalized spacial score (nSPS) is 11.8. The summed E-state index contributed by atoms with van der Waals surface area (Å²) in [5.41, 5.74) is 9.55. The molecule has 7 aromatic rings. The van der Waals surface area contributed by atoms with Crippen LogP contribution in [0.3, 0.4) is 0 Å². The van der Waals surface area contributed by atoms with Gasteiger partial charge in [0.2, 0.25) is 0 Å². The monoisotopic (exact) mass is 565 g/mol. The lowest BCUT2D eigenvalue weighted by Crippen LogP contribution is -1.94. The first-order chi connectivity index (χ1) is 19.1. The Kier molecular flexibility index (Phi) is 5.61. The molecule has 2 aromatic heterocycles. The second kappa shape index (κ2) is 9.30. The second-order valence-corrected chi connectivity index (χ2v) is 10.7. The zero-order chi connectivity index (χ0) is 26.5. The maximum atomic E-state index is 6.35. The number of hydrogen-bond acceptors (Lipinski definition) is 1. The first-order valence-electron chi connectivity index (χ1n) is 12.8. The molecule has 0 aliphatic rings. The molecule has 0 saturated heterocycles. The van der Waals surface area contributed by atoms with E-state index in [0.29, 0.717) is 0 Å². The summed E-state index contributed by atoms with van der Waals surface area (Å²) in [7, 11) is 0. The van der Waals surface area contributed by atoms with Gasteiger partial charge in [0, 0.05) is 37.3 Å². The molecule has 0 aliphatic carbocycles. The lowest BCUT2D eigenvalue weighted by Gasteiger charge is -2.10. The van der Waals surface area contributed by atoms with Gasteiger partial charge in [-0.25, -0.2) is 0 Å². The number of hydrogen-bond donors (Lipinski definition) is 0. The molecule has 7 rings (SSSR count). The van der Waals surface area contributed by atoms with Gasteiger partial charge in [0.05, 0.1) is 11.0 Å². The quantitative estimate of drug-likeness (QED) is 0.190. The van der Waals surface area contributed by atoms with E-state index < -0.39 is 0 Å². The highest BCUT2D eigenvalue weighted by Gasteiger charge is 2.16. The van der Waals surface area contributed by atoms with Crippen LogP contribution >= 0.6 is 15.9 Å². The van der Waals surface area contributed by atoms with Crippen LogP contribution in [0.5, 0.6) is 0 Å². The SMILES string of the molecule is C=C(Br)C=CC(=C)c1ccc(-n2c3ccccc3c3cc(-c4cccc5c4oc4ccccc45)ccc32)cc1. The van der Waals surface area contributed by atoms with Gasteiger partial charge in [0.1, 0.15) is 11.2 Å². The van der Waals surface area contributed by atoms with Gasteiger partial charge in [-0.2, -0.15) is 0 Å². The molecular weight excluding hydrogens is 542 g/mol. The molecule has 39 heavy (non-hydrogen) atoms. The molecule has 0 fully saturated rings. The van der Waals surface area contributed by atoms with Crippen molar-refractivity contribution in [1.82, 2.24) is 4.57 Å². The third kappa shape index (κ3) is 3.94. The average molecular weight is 566 g/mol. The molecule has 186 valence electrons. The van der Waals surface area contributed by atoms with Gasteiger partial charge in [-0.05, 0) is 59.2 Å². The Labute approximate surface area is 234 Å². The summed E-state index contributed by atoms with van der Waals surface area (Å²) in [6.07, 6.45) is 3.88. The number of aromatic nitrogens is 1. The molecule has 0 atom stereocenters. The molecule has 0 unspecified atom stereocenters. The Balaban J connectivity index is 1.38. The van der Waals surface area contributed by atoms with Gasteiger partial charge in [-0.1, -0.05) is 108 Å². The fourth-order valence-corrected chi connectivity index (χ4v) is 5.64. The zero-order valence-electron chi connectivity index (χ0n) is 21.2. The van der Waals surface area contributed by atoms with E-state index in [4.69, 9.17) is 4.42 Å². The van der Waals surface area contributed by atoms with Crippen LogP contribution in [0.2, 0.25) is 0 Å². The van der Waals surface area contributed by atoms with Crippen molar-refractivity contribution in [3.05, 3.63) is 145 Å². The first-order valence-corrected chi connectivity index (χ1v) is 13.6. The minimum absolute atomic E-state index is 0.821. The summed E-state index contributed by atoms with van der Waals surface area (Å²) >= 11 is 3.37. The Hall–Kier alpha value is -4.60. The van der Waals surface area contributed by atoms with E-state index in [0.717, 1.165) is 54.4 Å². The van der Waals surface area contributed by atoms with Crippen LogP contribution in [0.25, 0.3) is 66.1 Å². The van der Waals surface area contributed by atoms with Crippen LogP contribution < -0.4 is 0 Å². The molecular formula is C36H24BrNO. The smallest absolute Gasteiger partial charge is 0.143 e. The third-order valence-corrected chi connectivity index (χ3v) is 7.61. The predicted octanol–water partition coefficient (Wildman–Crippen LogP) is 10.8. The number of benzene rings is 5. The molecule has 2 heterocycles. The molecule has 0 bridgehead atoms. The van der Waals surface area contributed by atoms with Gasteiger partial charge in [-0.3, -0.25) is 0 Å². The minimum Gasteiger partial charge on any atom is -0.455 e. The van der Waals surface area contributed by atoms with Crippen LogP contribution in [0.15, 0.2) is 143 Å². The summed E-state index contributed by atoms with van der Waals surface area (Å²) in [5.74, 6) is 0. The van der Waals surface area contributed by atoms with Gasteiger partial charge < -0.3 is 8.98 Å². The van der Waals surface area contributed by atoms with Gasteiger partial charge in [0.15, 0.2) is 0 Å². The van der Waals surface area contributed by atoms with Crippen molar-refractivity contribution in [2.45, 2.75) is 0 Å². The lowest BCUT2D eigenvalue weighted by atomic mass is 10.0. The molecule has 3 heteroatoms. The Morgan fingerprint density at radius 2 is 1.38 bits per heavy atom. The molecule has 0 amide bonds. The molecule has 0 radical (unpaired) electrons. The number of fused-ring (bicyclic) bond motifs is 6. The van der Waals surface area contributed by atoms with Crippen molar-refractivity contribution < 1.29 is 4.42 Å². The van der Waals surface area contributed by atoms with E-state index in [1.54, 1.807) is 0 Å². The highest BCUT2D eigenvalue weighted by atomic mass is 79.9. The van der Waals surface area contributed by atoms with Crippen molar-refractivity contribution in [1.29, 1.82) is 0 Å². The number of nitrogens with zero attached hydrogens (tertiary/aromatic N) is 1. The number of rotatable bonds is 5. The van der Waals surface area contributed by atoms with Crippen LogP contribution in [0.1, 0.15) is 5.56 Å². The van der Waals surface area contributed by atoms with E-state index in [-0.39, 0.29) is 0 Å². The fourth-order valence-electron chi connectivity index (χ4n) is 5.50. The highest BCUT2D eigenvalue weighted by Crippen LogP contribution is 2.39. The van der Waals surface area contributed by atoms with E-state index in [9.17, 15) is 0 Å². The number of furan rings is 1. The number of halogens is 1. The molecule has 0 saturated carbocycles. The third-order valence-electron chi connectivity index (χ3n) is 7.35. The topological polar surface area (TPSA) is 18.1 Å². The minimum atomic E-state index is 0.821. The van der Waals surface area contributed by atoms with Crippen molar-refractivity contribution in [2.75, 3.05) is 0 Å². The Morgan fingerprint density at radius 1 is 0.667 bits per heavy atom. The number of allylic oxidation sites excluding steroid dienone is 4. The van der Waals surface area contributed by atoms with Crippen LogP contribution in [-0.2, 0) is 0 Å². The second-order valence-electron chi connectivity index (χ2n) is 9.72. The van der Waals surface area contributed by atoms with E-state index in [1.165, 1.54) is 21.8 Å². The standard InChI is InChI=1S/C36H24BrNO/c1-23(14-15-24(2)37)25-16-19-27(20-17-25)38-33-12-5-3-8-29(33)32-22-26(18-21-34(32)38)28-10-7-11-31-30-9-4-6-13-35(30)39-36(28)31/h3-22H,1-2H2. The highest BCUT2D eigenvalue weighted by molar-refractivity contribution is 9.11. The largest absolute Gasteiger partial charge is 0.455 e. The van der Waals surface area contributed by atoms with Crippen molar-refractivity contribution in [3.63, 3.8) is 0 Å². The predicted molar refractivity (Wildman–Crippen MR) is 170 cm³/mol. The molecule has 0 spiro atoms. The van der Waals surface area contributed by atoms with Crippen LogP contribution in [-0.4, -0.2) is 4.57 Å². The van der Waals surface area contributed by atoms with E-state index in [1.807, 2.05) is 24.3 Å². The van der Waals surface area contributed by atoms with Crippen LogP contribution in [0.4, 0.5) is 0 Å². The maximum absolute atomic E-state index is 6.35. The summed E-state index contributed by atoms with van der Waals surface area (Å²) in [4.78, 5) is 0. The fraction of sp³-hybridized carbons (Fsp3) is 0. The zero-order valence-corrected chi connectivity index (χ0v) is 22.8. The van der Waals surface area contributed by atoms with Crippen molar-refractivity contribution in [3.8, 4) is 16.8 Å². The van der Waals surface area contributed by atoms with Crippen molar-refractivity contribution >= 4 is 65.2 Å². The average Bonchev–Trinajstić information content (AvgIpc) is 3.51. The summed E-state index contributed by atoms with van der Waals surface area (Å²) in [6, 6.07) is 38.5. The molecule has 2 nitrogen and oxygen atoms in total. The summed E-state index contributed by atoms with van der Waals surface area (Å²) in [6.45, 7) is 8.06. The Bertz CT molecular complexity index is 2100. The molecule has 5 aromatic carbocycles. The van der Waals surface area contributed by atoms with Gasteiger partial charge >= 0.3 is 0 Å². The van der Waals surface area contributed by atoms with Gasteiger partial charge in [-0.15, -0.1) is 0 Å². The van der Waals surface area contributed by atoms with E-state index >= 15 is 0 Å². The first kappa shape index (κ1) is 23.5. The van der Waals surface area contributed by atoms with E-state index in [2.05, 4.69) is 131 Å². The molecule has 0 N–H and O–H groups in total. The van der Waals surface area contributed by atoms with Gasteiger partial charge in [0.25, 0.3) is 0 Å². The summed E-state index contributed by atoms with van der Waals surface area (Å²) in [5, 5.41) is 4.72. The number of para-hydroxylation sites is 3.